The molecule has 0 aromatic heterocycles. The van der Waals surface area contributed by atoms with Gasteiger partial charge in [-0.25, -0.2) is 18.3 Å². The number of benzene rings is 2. The summed E-state index contributed by atoms with van der Waals surface area (Å²) < 4.78 is 40.2. The van der Waals surface area contributed by atoms with E-state index in [2.05, 4.69) is 0 Å². The molecule has 0 bridgehead atoms. The molecule has 1 atom stereocenters. The van der Waals surface area contributed by atoms with Crippen molar-refractivity contribution in [2.75, 3.05) is 4.31 Å². The summed E-state index contributed by atoms with van der Waals surface area (Å²) in [4.78, 5) is 11.5. The van der Waals surface area contributed by atoms with Crippen LogP contribution in [0.4, 0.5) is 10.1 Å². The zero-order chi connectivity index (χ0) is 16.6. The Bertz CT molecular complexity index is 855. The molecule has 2 N–H and O–H groups in total. The summed E-state index contributed by atoms with van der Waals surface area (Å²) in [5.74, 6) is -1.36. The third-order valence-corrected chi connectivity index (χ3v) is 5.58. The third-order valence-electron chi connectivity index (χ3n) is 3.66. The van der Waals surface area contributed by atoms with Crippen molar-refractivity contribution in [3.8, 4) is 0 Å². The summed E-state index contributed by atoms with van der Waals surface area (Å²) >= 11 is 0. The Hall–Kier alpha value is -2.45. The van der Waals surface area contributed by atoms with E-state index in [9.17, 15) is 17.6 Å². The first-order valence-electron chi connectivity index (χ1n) is 6.77. The largest absolute Gasteiger partial charge is 0.289 e. The highest BCUT2D eigenvalue weighted by Gasteiger charge is 2.43. The third kappa shape index (κ3) is 2.55. The molecule has 1 heterocycles. The number of carbonyl (C=O) groups is 1. The zero-order valence-corrected chi connectivity index (χ0v) is 12.6. The molecule has 0 saturated carbocycles. The number of hydrogen-bond donors (Lipinski definition) is 2. The van der Waals surface area contributed by atoms with E-state index < -0.39 is 27.8 Å². The highest BCUT2D eigenvalue weighted by atomic mass is 32.2. The van der Waals surface area contributed by atoms with E-state index in [0.29, 0.717) is 5.69 Å². The van der Waals surface area contributed by atoms with Crippen LogP contribution in [0.3, 0.4) is 0 Å². The molecule has 0 radical (unpaired) electrons. The van der Waals surface area contributed by atoms with Crippen molar-refractivity contribution in [3.63, 3.8) is 0 Å². The Labute approximate surface area is 132 Å². The number of nitrogens with zero attached hydrogens (tertiary/aromatic N) is 1. The van der Waals surface area contributed by atoms with Gasteiger partial charge in [-0.15, -0.1) is 0 Å². The van der Waals surface area contributed by atoms with Crippen molar-refractivity contribution in [1.82, 2.24) is 5.48 Å². The van der Waals surface area contributed by atoms with Crippen LogP contribution in [0.15, 0.2) is 53.4 Å². The quantitative estimate of drug-likeness (QED) is 0.663. The molecule has 8 heteroatoms. The molecule has 0 aliphatic carbocycles. The minimum absolute atomic E-state index is 0.0431. The van der Waals surface area contributed by atoms with Gasteiger partial charge < -0.3 is 0 Å². The maximum atomic E-state index is 13.6. The van der Waals surface area contributed by atoms with Gasteiger partial charge in [-0.3, -0.25) is 14.3 Å². The number of carbonyl (C=O) groups excluding carboxylic acids is 1. The molecule has 1 unspecified atom stereocenters. The number of amides is 1. The molecular formula is C15H13FN2O4S. The van der Waals surface area contributed by atoms with Gasteiger partial charge in [-0.05, 0) is 35.9 Å². The van der Waals surface area contributed by atoms with Gasteiger partial charge in [0.15, 0.2) is 0 Å². The second-order valence-corrected chi connectivity index (χ2v) is 6.86. The number of anilines is 1. The monoisotopic (exact) mass is 336 g/mol. The summed E-state index contributed by atoms with van der Waals surface area (Å²) in [6.45, 7) is 0. The predicted molar refractivity (Wildman–Crippen MR) is 79.8 cm³/mol. The highest BCUT2D eigenvalue weighted by molar-refractivity contribution is 7.93. The topological polar surface area (TPSA) is 86.7 Å². The van der Waals surface area contributed by atoms with Gasteiger partial charge in [0.25, 0.3) is 10.0 Å². The lowest BCUT2D eigenvalue weighted by Crippen LogP contribution is -2.32. The lowest BCUT2D eigenvalue weighted by atomic mass is 10.0. The van der Waals surface area contributed by atoms with Gasteiger partial charge in [0, 0.05) is 0 Å². The Morgan fingerprint density at radius 3 is 2.57 bits per heavy atom. The molecule has 1 amide bonds. The van der Waals surface area contributed by atoms with Gasteiger partial charge in [0.2, 0.25) is 5.91 Å². The molecule has 2 aromatic rings. The Kier molecular flexibility index (Phi) is 3.78. The van der Waals surface area contributed by atoms with Crippen LogP contribution < -0.4 is 9.79 Å². The highest BCUT2D eigenvalue weighted by Crippen LogP contribution is 2.44. The van der Waals surface area contributed by atoms with Gasteiger partial charge in [-0.1, -0.05) is 18.2 Å². The van der Waals surface area contributed by atoms with Gasteiger partial charge >= 0.3 is 0 Å². The van der Waals surface area contributed by atoms with Crippen LogP contribution in [0.25, 0.3) is 0 Å². The lowest BCUT2D eigenvalue weighted by Gasteiger charge is -2.25. The molecule has 6 nitrogen and oxygen atoms in total. The van der Waals surface area contributed by atoms with Crippen LogP contribution in [0.2, 0.25) is 0 Å². The second-order valence-electron chi connectivity index (χ2n) is 5.07. The van der Waals surface area contributed by atoms with Crippen molar-refractivity contribution in [3.05, 3.63) is 59.9 Å². The van der Waals surface area contributed by atoms with Crippen LogP contribution in [-0.4, -0.2) is 19.5 Å². The average Bonchev–Trinajstić information content (AvgIpc) is 2.75. The fourth-order valence-electron chi connectivity index (χ4n) is 2.72. The number of hydroxylamine groups is 1. The zero-order valence-electron chi connectivity index (χ0n) is 11.8. The standard InChI is InChI=1S/C15H13FN2O4S/c16-10-6-7-14-12(8-10)13(9-15(19)17-20)18(23(14,21)22)11-4-2-1-3-5-11/h1-8,13,20H,9H2,(H,17,19). The first-order valence-corrected chi connectivity index (χ1v) is 8.21. The summed E-state index contributed by atoms with van der Waals surface area (Å²) in [5, 5.41) is 8.74. The minimum Gasteiger partial charge on any atom is -0.289 e. The number of rotatable bonds is 3. The number of nitrogens with one attached hydrogen (secondary N) is 1. The number of halogens is 1. The van der Waals surface area contributed by atoms with Crippen molar-refractivity contribution >= 4 is 21.6 Å². The van der Waals surface area contributed by atoms with Crippen LogP contribution in [0.5, 0.6) is 0 Å². The van der Waals surface area contributed by atoms with Crippen LogP contribution in [0.1, 0.15) is 18.0 Å². The lowest BCUT2D eigenvalue weighted by molar-refractivity contribution is -0.129. The Balaban J connectivity index is 2.19. The number of fused-ring (bicyclic) bond motifs is 1. The van der Waals surface area contributed by atoms with Gasteiger partial charge in [0.05, 0.1) is 23.0 Å². The maximum Gasteiger partial charge on any atom is 0.265 e. The van der Waals surface area contributed by atoms with Crippen molar-refractivity contribution in [2.45, 2.75) is 17.4 Å². The second kappa shape index (κ2) is 5.64. The molecule has 23 heavy (non-hydrogen) atoms. The molecule has 0 fully saturated rings. The fraction of sp³-hybridized carbons (Fsp3) is 0.133. The predicted octanol–water partition coefficient (Wildman–Crippen LogP) is 1.97. The number of sulfonamides is 1. The first kappa shape index (κ1) is 15.4. The molecule has 0 spiro atoms. The van der Waals surface area contributed by atoms with E-state index in [1.165, 1.54) is 11.5 Å². The van der Waals surface area contributed by atoms with E-state index in [1.807, 2.05) is 0 Å². The van der Waals surface area contributed by atoms with Crippen molar-refractivity contribution in [1.29, 1.82) is 0 Å². The molecule has 3 rings (SSSR count). The van der Waals surface area contributed by atoms with Crippen molar-refractivity contribution in [2.24, 2.45) is 0 Å². The molecule has 2 aromatic carbocycles. The Morgan fingerprint density at radius 2 is 1.91 bits per heavy atom. The van der Waals surface area contributed by atoms with Crippen molar-refractivity contribution < 1.29 is 22.8 Å². The molecule has 1 aliphatic heterocycles. The smallest absolute Gasteiger partial charge is 0.265 e. The maximum absolute atomic E-state index is 13.6. The summed E-state index contributed by atoms with van der Waals surface area (Å²) in [6, 6.07) is 10.7. The van der Waals surface area contributed by atoms with E-state index >= 15 is 0 Å². The van der Waals surface area contributed by atoms with Gasteiger partial charge in [0.1, 0.15) is 5.82 Å². The van der Waals surface area contributed by atoms with E-state index in [-0.39, 0.29) is 16.9 Å². The van der Waals surface area contributed by atoms with Crippen LogP contribution >= 0.6 is 0 Å². The summed E-state index contributed by atoms with van der Waals surface area (Å²) in [6.07, 6.45) is -0.332. The number of hydrogen-bond acceptors (Lipinski definition) is 4. The SMILES string of the molecule is O=C(CC1c2cc(F)ccc2S(=O)(=O)N1c1ccccc1)NO. The molecular weight excluding hydrogens is 323 g/mol. The van der Waals surface area contributed by atoms with E-state index in [4.69, 9.17) is 5.21 Å². The van der Waals surface area contributed by atoms with Gasteiger partial charge in [-0.2, -0.15) is 0 Å². The molecule has 120 valence electrons. The molecule has 0 saturated heterocycles. The molecule has 1 aliphatic rings. The summed E-state index contributed by atoms with van der Waals surface area (Å²) in [5.41, 5.74) is 2.04. The number of para-hydroxylation sites is 1. The van der Waals surface area contributed by atoms with E-state index in [0.717, 1.165) is 16.4 Å². The fourth-order valence-corrected chi connectivity index (χ4v) is 4.59. The van der Waals surface area contributed by atoms with E-state index in [1.54, 1.807) is 30.3 Å². The minimum atomic E-state index is -3.91. The van der Waals surface area contributed by atoms with Crippen LogP contribution in [-0.2, 0) is 14.8 Å². The Morgan fingerprint density at radius 1 is 1.22 bits per heavy atom. The average molecular weight is 336 g/mol. The normalized spacial score (nSPS) is 18.5. The summed E-state index contributed by atoms with van der Waals surface area (Å²) in [7, 11) is -3.91. The first-order chi connectivity index (χ1) is 10.9. The van der Waals surface area contributed by atoms with Crippen LogP contribution in [0, 0.1) is 5.82 Å².